The molecule has 0 radical (unpaired) electrons. The lowest BCUT2D eigenvalue weighted by atomic mass is 10.2. The van der Waals surface area contributed by atoms with Crippen LogP contribution in [0.15, 0.2) is 35.4 Å². The van der Waals surface area contributed by atoms with Crippen molar-refractivity contribution in [3.8, 4) is 0 Å². The van der Waals surface area contributed by atoms with Crippen molar-refractivity contribution >= 4 is 17.7 Å². The predicted octanol–water partition coefficient (Wildman–Crippen LogP) is 3.17. The molecule has 4 nitrogen and oxygen atoms in total. The number of hydrogen-bond acceptors (Lipinski definition) is 3. The molecule has 0 saturated heterocycles. The van der Waals surface area contributed by atoms with Gasteiger partial charge in [-0.15, -0.1) is 11.8 Å². The van der Waals surface area contributed by atoms with Crippen LogP contribution in [0, 0.1) is 13.8 Å². The van der Waals surface area contributed by atoms with Crippen molar-refractivity contribution < 1.29 is 4.79 Å². The number of carbonyl (C=O) groups is 1. The van der Waals surface area contributed by atoms with Gasteiger partial charge in [0.25, 0.3) is 0 Å². The summed E-state index contributed by atoms with van der Waals surface area (Å²) in [5.74, 6) is 0.922. The molecular formula is C16H21N3OS. The number of imidazole rings is 1. The molecule has 1 aromatic carbocycles. The minimum Gasteiger partial charge on any atom is -0.345 e. The van der Waals surface area contributed by atoms with E-state index in [0.29, 0.717) is 6.54 Å². The molecule has 21 heavy (non-hydrogen) atoms. The monoisotopic (exact) mass is 303 g/mol. The van der Waals surface area contributed by atoms with Gasteiger partial charge < -0.3 is 9.88 Å². The summed E-state index contributed by atoms with van der Waals surface area (Å²) in [7, 11) is 1.81. The minimum absolute atomic E-state index is 0.106. The average molecular weight is 303 g/mol. The number of carbonyl (C=O) groups excluding carboxylic acids is 1. The number of nitrogens with zero attached hydrogens (tertiary/aromatic N) is 2. The van der Waals surface area contributed by atoms with Gasteiger partial charge >= 0.3 is 0 Å². The van der Waals surface area contributed by atoms with Crippen LogP contribution in [0.3, 0.4) is 0 Å². The lowest BCUT2D eigenvalue weighted by molar-refractivity contribution is -0.129. The smallest absolute Gasteiger partial charge is 0.235 e. The molecule has 0 bridgehead atoms. The molecule has 1 heterocycles. The van der Waals surface area contributed by atoms with E-state index in [-0.39, 0.29) is 11.2 Å². The Hall–Kier alpha value is -1.75. The Bertz CT molecular complexity index is 606. The number of thioether (sulfide) groups is 1. The lowest BCUT2D eigenvalue weighted by Crippen LogP contribution is -2.33. The van der Waals surface area contributed by atoms with Crippen molar-refractivity contribution in [1.29, 1.82) is 0 Å². The van der Waals surface area contributed by atoms with Gasteiger partial charge in [0.1, 0.15) is 5.82 Å². The van der Waals surface area contributed by atoms with Crippen molar-refractivity contribution in [3.05, 3.63) is 47.5 Å². The van der Waals surface area contributed by atoms with E-state index in [0.717, 1.165) is 16.4 Å². The van der Waals surface area contributed by atoms with Crippen molar-refractivity contribution in [3.63, 3.8) is 0 Å². The molecule has 0 fully saturated rings. The summed E-state index contributed by atoms with van der Waals surface area (Å²) in [4.78, 5) is 22.6. The van der Waals surface area contributed by atoms with E-state index in [2.05, 4.69) is 41.2 Å². The molecule has 2 rings (SSSR count). The van der Waals surface area contributed by atoms with Gasteiger partial charge in [-0.25, -0.2) is 4.98 Å². The molecule has 0 saturated carbocycles. The highest BCUT2D eigenvalue weighted by molar-refractivity contribution is 8.00. The highest BCUT2D eigenvalue weighted by Crippen LogP contribution is 2.24. The standard InChI is InChI=1S/C16H21N3OS/c1-11-5-7-14(8-6-11)21-13(3)16(20)19(4)10-15-17-9-12(2)18-15/h5-9,13H,10H2,1-4H3,(H,17,18). The third-order valence-corrected chi connectivity index (χ3v) is 4.30. The number of amides is 1. The molecule has 0 aliphatic rings. The predicted molar refractivity (Wildman–Crippen MR) is 86.3 cm³/mol. The summed E-state index contributed by atoms with van der Waals surface area (Å²) in [6, 6.07) is 8.24. The number of benzene rings is 1. The Balaban J connectivity index is 1.93. The molecule has 0 spiro atoms. The fourth-order valence-corrected chi connectivity index (χ4v) is 3.01. The highest BCUT2D eigenvalue weighted by atomic mass is 32.2. The van der Waals surface area contributed by atoms with Gasteiger partial charge in [0, 0.05) is 23.8 Å². The fourth-order valence-electron chi connectivity index (χ4n) is 2.03. The number of H-pyrrole nitrogens is 1. The number of rotatable bonds is 5. The van der Waals surface area contributed by atoms with Gasteiger partial charge in [0.05, 0.1) is 11.8 Å². The zero-order valence-corrected chi connectivity index (χ0v) is 13.7. The molecule has 1 aromatic heterocycles. The maximum Gasteiger partial charge on any atom is 0.235 e. The summed E-state index contributed by atoms with van der Waals surface area (Å²) in [5.41, 5.74) is 2.23. The number of aryl methyl sites for hydroxylation is 2. The Labute approximate surface area is 130 Å². The molecule has 1 unspecified atom stereocenters. The number of aromatic nitrogens is 2. The maximum absolute atomic E-state index is 12.4. The first-order valence-corrected chi connectivity index (χ1v) is 7.82. The molecule has 2 aromatic rings. The number of nitrogens with one attached hydrogen (secondary N) is 1. The third-order valence-electron chi connectivity index (χ3n) is 3.20. The molecule has 112 valence electrons. The van der Waals surface area contributed by atoms with Crippen molar-refractivity contribution in [2.45, 2.75) is 37.5 Å². The lowest BCUT2D eigenvalue weighted by Gasteiger charge is -2.20. The quantitative estimate of drug-likeness (QED) is 0.863. The largest absolute Gasteiger partial charge is 0.345 e. The highest BCUT2D eigenvalue weighted by Gasteiger charge is 2.19. The van der Waals surface area contributed by atoms with Crippen LogP contribution in [0.25, 0.3) is 0 Å². The molecule has 5 heteroatoms. The normalized spacial score (nSPS) is 12.2. The molecule has 1 N–H and O–H groups in total. The van der Waals surface area contributed by atoms with Crippen molar-refractivity contribution in [2.75, 3.05) is 7.05 Å². The van der Waals surface area contributed by atoms with Gasteiger partial charge in [-0.05, 0) is 32.9 Å². The zero-order chi connectivity index (χ0) is 15.4. The van der Waals surface area contributed by atoms with Crippen LogP contribution in [0.1, 0.15) is 24.0 Å². The summed E-state index contributed by atoms with van der Waals surface area (Å²) in [6.07, 6.45) is 1.78. The first-order valence-electron chi connectivity index (χ1n) is 6.94. The van der Waals surface area contributed by atoms with E-state index in [1.165, 1.54) is 5.56 Å². The van der Waals surface area contributed by atoms with Gasteiger partial charge in [0.2, 0.25) is 5.91 Å². The Morgan fingerprint density at radius 1 is 1.33 bits per heavy atom. The van der Waals surface area contributed by atoms with E-state index in [1.54, 1.807) is 22.9 Å². The van der Waals surface area contributed by atoms with Gasteiger partial charge in [-0.3, -0.25) is 4.79 Å². The Morgan fingerprint density at radius 3 is 2.57 bits per heavy atom. The first-order chi connectivity index (χ1) is 9.95. The van der Waals surface area contributed by atoms with Gasteiger partial charge in [0.15, 0.2) is 0 Å². The maximum atomic E-state index is 12.4. The van der Waals surface area contributed by atoms with Crippen molar-refractivity contribution in [2.24, 2.45) is 0 Å². The van der Waals surface area contributed by atoms with Crippen molar-refractivity contribution in [1.82, 2.24) is 14.9 Å². The van der Waals surface area contributed by atoms with Crippen LogP contribution in [0.4, 0.5) is 0 Å². The van der Waals surface area contributed by atoms with Crippen LogP contribution in [-0.2, 0) is 11.3 Å². The molecule has 1 amide bonds. The topological polar surface area (TPSA) is 49.0 Å². The van der Waals surface area contributed by atoms with Crippen LogP contribution >= 0.6 is 11.8 Å². The SMILES string of the molecule is Cc1ccc(SC(C)C(=O)N(C)Cc2ncc(C)[nH]2)cc1. The molecular weight excluding hydrogens is 282 g/mol. The van der Waals surface area contributed by atoms with Crippen LogP contribution in [-0.4, -0.2) is 33.1 Å². The minimum atomic E-state index is -0.117. The Morgan fingerprint density at radius 2 is 2.00 bits per heavy atom. The fraction of sp³-hybridized carbons (Fsp3) is 0.375. The summed E-state index contributed by atoms with van der Waals surface area (Å²) in [6.45, 7) is 6.46. The summed E-state index contributed by atoms with van der Waals surface area (Å²) < 4.78 is 0. The van der Waals surface area contributed by atoms with E-state index in [9.17, 15) is 4.79 Å². The second-order valence-electron chi connectivity index (χ2n) is 5.28. The van der Waals surface area contributed by atoms with Gasteiger partial charge in [-0.1, -0.05) is 17.7 Å². The van der Waals surface area contributed by atoms with Crippen LogP contribution < -0.4 is 0 Å². The number of aromatic amines is 1. The van der Waals surface area contributed by atoms with E-state index < -0.39 is 0 Å². The second-order valence-corrected chi connectivity index (χ2v) is 6.69. The molecule has 0 aliphatic heterocycles. The van der Waals surface area contributed by atoms with Crippen LogP contribution in [0.2, 0.25) is 0 Å². The molecule has 1 atom stereocenters. The summed E-state index contributed by atoms with van der Waals surface area (Å²) in [5, 5.41) is -0.117. The number of hydrogen-bond donors (Lipinski definition) is 1. The first kappa shape index (κ1) is 15.6. The van der Waals surface area contributed by atoms with E-state index >= 15 is 0 Å². The third kappa shape index (κ3) is 4.36. The van der Waals surface area contributed by atoms with E-state index in [4.69, 9.17) is 0 Å². The van der Waals surface area contributed by atoms with Gasteiger partial charge in [-0.2, -0.15) is 0 Å². The van der Waals surface area contributed by atoms with Crippen LogP contribution in [0.5, 0.6) is 0 Å². The molecule has 0 aliphatic carbocycles. The Kier molecular flexibility index (Phi) is 5.07. The van der Waals surface area contributed by atoms with E-state index in [1.807, 2.05) is 20.9 Å². The zero-order valence-electron chi connectivity index (χ0n) is 12.9. The summed E-state index contributed by atoms with van der Waals surface area (Å²) >= 11 is 1.58. The average Bonchev–Trinajstić information content (AvgIpc) is 2.85. The second kappa shape index (κ2) is 6.80.